The Kier molecular flexibility index (Phi) is 6.48. The van der Waals surface area contributed by atoms with Gasteiger partial charge in [-0.15, -0.1) is 11.8 Å². The largest absolute Gasteiger partial charge is 0.394 e. The van der Waals surface area contributed by atoms with E-state index in [9.17, 15) is 19.5 Å². The summed E-state index contributed by atoms with van der Waals surface area (Å²) >= 11 is 5.34. The fourth-order valence-corrected chi connectivity index (χ4v) is 10.3. The summed E-state index contributed by atoms with van der Waals surface area (Å²) in [5.74, 6) is -1.98. The second kappa shape index (κ2) is 9.70. The molecule has 3 aliphatic heterocycles. The fraction of sp³-hybridized carbons (Fsp3) is 0.345. The number of amides is 3. The number of carbonyl (C=O) groups excluding carboxylic acids is 3. The molecule has 0 aromatic heterocycles. The van der Waals surface area contributed by atoms with Crippen LogP contribution in [0.4, 0.5) is 5.69 Å². The van der Waals surface area contributed by atoms with E-state index >= 15 is 0 Å². The first-order valence-corrected chi connectivity index (χ1v) is 14.5. The van der Waals surface area contributed by atoms with Crippen LogP contribution < -0.4 is 10.6 Å². The van der Waals surface area contributed by atoms with Crippen LogP contribution in [0.25, 0.3) is 10.8 Å². The Morgan fingerprint density at radius 3 is 2.50 bits per heavy atom. The Morgan fingerprint density at radius 1 is 1.08 bits per heavy atom. The normalized spacial score (nSPS) is 30.3. The van der Waals surface area contributed by atoms with Gasteiger partial charge in [0.1, 0.15) is 6.04 Å². The predicted octanol–water partition coefficient (Wildman–Crippen LogP) is 3.72. The van der Waals surface area contributed by atoms with Crippen LogP contribution >= 0.6 is 27.7 Å². The third-order valence-corrected chi connectivity index (χ3v) is 11.5. The van der Waals surface area contributed by atoms with Gasteiger partial charge in [0.25, 0.3) is 0 Å². The number of nitrogens with one attached hydrogen (secondary N) is 2. The molecule has 3 aromatic carbocycles. The third kappa shape index (κ3) is 3.78. The van der Waals surface area contributed by atoms with Crippen molar-refractivity contribution in [2.45, 2.75) is 33.3 Å². The number of aliphatic hydroxyl groups excluding tert-OH is 1. The minimum absolute atomic E-state index is 0.0147. The molecule has 196 valence electrons. The van der Waals surface area contributed by atoms with Crippen LogP contribution in [-0.4, -0.2) is 62.2 Å². The number of aliphatic hydroxyl groups is 1. The third-order valence-electron chi connectivity index (χ3n) is 8.23. The van der Waals surface area contributed by atoms with Gasteiger partial charge in [0.15, 0.2) is 0 Å². The van der Waals surface area contributed by atoms with Crippen molar-refractivity contribution in [2.24, 2.45) is 11.8 Å². The van der Waals surface area contributed by atoms with E-state index in [2.05, 4.69) is 26.6 Å². The van der Waals surface area contributed by atoms with E-state index in [1.54, 1.807) is 23.7 Å². The van der Waals surface area contributed by atoms with Crippen molar-refractivity contribution < 1.29 is 19.5 Å². The molecule has 0 radical (unpaired) electrons. The van der Waals surface area contributed by atoms with Gasteiger partial charge in [-0.1, -0.05) is 76.6 Å². The molecular weight excluding hydrogens is 566 g/mol. The number of alkyl halides is 1. The highest BCUT2D eigenvalue weighted by atomic mass is 79.9. The Labute approximate surface area is 233 Å². The maximum absolute atomic E-state index is 14.3. The molecule has 7 nitrogen and oxygen atoms in total. The smallest absolute Gasteiger partial charge is 0.248 e. The first kappa shape index (κ1) is 25.4. The standard InChI is InChI=1S/C29H28BrN3O4S/c1-31-26(35)22-23-28(37)33(21(15-34)17-8-3-2-4-9-17)25(29(23)14-20(30)24(22)38-29)27(36)32-19-12-11-16-7-5-6-10-18(16)13-19/h2-13,20-25,34H,14-15H2,1H3,(H,31,35)(H,32,36)/t20?,21-,22+,23+,24+,25?,29?/m1/s1. The minimum atomic E-state index is -0.867. The number of thioether (sulfide) groups is 1. The highest BCUT2D eigenvalue weighted by Gasteiger charge is 2.76. The van der Waals surface area contributed by atoms with Gasteiger partial charge in [-0.3, -0.25) is 14.4 Å². The van der Waals surface area contributed by atoms with Crippen LogP contribution in [-0.2, 0) is 14.4 Å². The molecular formula is C29H28BrN3O4S. The molecule has 3 fully saturated rings. The van der Waals surface area contributed by atoms with Crippen molar-refractivity contribution in [1.29, 1.82) is 0 Å². The van der Waals surface area contributed by atoms with E-state index < -0.39 is 28.7 Å². The Balaban J connectivity index is 1.44. The van der Waals surface area contributed by atoms with Gasteiger partial charge in [0.2, 0.25) is 17.7 Å². The van der Waals surface area contributed by atoms with Crippen LogP contribution in [0, 0.1) is 11.8 Å². The first-order valence-electron chi connectivity index (χ1n) is 12.7. The molecule has 3 amide bonds. The lowest BCUT2D eigenvalue weighted by Crippen LogP contribution is -2.53. The summed E-state index contributed by atoms with van der Waals surface area (Å²) in [7, 11) is 1.58. The fourth-order valence-electron chi connectivity index (χ4n) is 6.68. The van der Waals surface area contributed by atoms with Gasteiger partial charge in [-0.05, 0) is 34.9 Å². The average molecular weight is 595 g/mol. The molecule has 38 heavy (non-hydrogen) atoms. The zero-order valence-corrected chi connectivity index (χ0v) is 23.1. The van der Waals surface area contributed by atoms with Crippen molar-refractivity contribution in [3.05, 3.63) is 78.4 Å². The van der Waals surface area contributed by atoms with E-state index in [1.165, 1.54) is 0 Å². The number of halogens is 1. The molecule has 6 rings (SSSR count). The monoisotopic (exact) mass is 593 g/mol. The van der Waals surface area contributed by atoms with Crippen LogP contribution in [0.1, 0.15) is 18.0 Å². The molecule has 3 N–H and O–H groups in total. The maximum atomic E-state index is 14.3. The van der Waals surface area contributed by atoms with Crippen molar-refractivity contribution in [3.63, 3.8) is 0 Å². The summed E-state index contributed by atoms with van der Waals surface area (Å²) < 4.78 is -0.795. The number of carbonyl (C=O) groups is 3. The van der Waals surface area contributed by atoms with Crippen molar-refractivity contribution in [1.82, 2.24) is 10.2 Å². The zero-order chi connectivity index (χ0) is 26.6. The summed E-state index contributed by atoms with van der Waals surface area (Å²) in [6, 6.07) is 21.3. The highest BCUT2D eigenvalue weighted by Crippen LogP contribution is 2.68. The number of hydrogen-bond donors (Lipinski definition) is 3. The Bertz CT molecular complexity index is 1420. The van der Waals surface area contributed by atoms with E-state index in [0.29, 0.717) is 12.1 Å². The van der Waals surface area contributed by atoms with Gasteiger partial charge in [0.05, 0.1) is 29.2 Å². The van der Waals surface area contributed by atoms with Crippen molar-refractivity contribution in [2.75, 3.05) is 19.0 Å². The van der Waals surface area contributed by atoms with Gasteiger partial charge >= 0.3 is 0 Å². The molecule has 3 unspecified atom stereocenters. The second-order valence-corrected chi connectivity index (χ2v) is 12.9. The highest BCUT2D eigenvalue weighted by molar-refractivity contribution is 9.09. The molecule has 7 atom stereocenters. The number of anilines is 1. The Morgan fingerprint density at radius 2 is 1.79 bits per heavy atom. The van der Waals surface area contributed by atoms with E-state index in [0.717, 1.165) is 16.3 Å². The summed E-state index contributed by atoms with van der Waals surface area (Å²) in [6.07, 6.45) is 0.575. The molecule has 3 heterocycles. The average Bonchev–Trinajstić information content (AvgIpc) is 3.53. The number of nitrogens with zero attached hydrogens (tertiary/aromatic N) is 1. The summed E-state index contributed by atoms with van der Waals surface area (Å²) in [5.41, 5.74) is 1.38. The molecule has 3 aromatic rings. The SMILES string of the molecule is CNC(=O)[C@H]1[C@H]2C(=O)N([C@H](CO)c3ccccc3)C(C(=O)Nc3ccc4ccccc4c3)C23CC(Br)[C@@H]1S3. The van der Waals surface area contributed by atoms with Gasteiger partial charge in [-0.25, -0.2) is 0 Å². The number of hydrogen-bond acceptors (Lipinski definition) is 5. The molecule has 9 heteroatoms. The minimum Gasteiger partial charge on any atom is -0.394 e. The van der Waals surface area contributed by atoms with Crippen LogP contribution in [0.2, 0.25) is 0 Å². The zero-order valence-electron chi connectivity index (χ0n) is 20.7. The van der Waals surface area contributed by atoms with Crippen LogP contribution in [0.3, 0.4) is 0 Å². The topological polar surface area (TPSA) is 98.7 Å². The van der Waals surface area contributed by atoms with Gasteiger partial charge in [-0.2, -0.15) is 0 Å². The van der Waals surface area contributed by atoms with Crippen LogP contribution in [0.5, 0.6) is 0 Å². The lowest BCUT2D eigenvalue weighted by atomic mass is 9.70. The summed E-state index contributed by atoms with van der Waals surface area (Å²) in [5, 5.41) is 18.3. The Hall–Kier alpha value is -2.88. The molecule has 0 saturated carbocycles. The molecule has 3 saturated heterocycles. The molecule has 3 aliphatic rings. The second-order valence-electron chi connectivity index (χ2n) is 10.2. The number of likely N-dealkylation sites (tertiary alicyclic amines) is 1. The maximum Gasteiger partial charge on any atom is 0.248 e. The van der Waals surface area contributed by atoms with E-state index in [1.807, 2.05) is 72.8 Å². The summed E-state index contributed by atoms with van der Waals surface area (Å²) in [4.78, 5) is 43.1. The summed E-state index contributed by atoms with van der Waals surface area (Å²) in [6.45, 7) is -0.339. The lowest BCUT2D eigenvalue weighted by Gasteiger charge is -2.37. The quantitative estimate of drug-likeness (QED) is 0.378. The van der Waals surface area contributed by atoms with Crippen molar-refractivity contribution in [3.8, 4) is 0 Å². The molecule has 0 aliphatic carbocycles. The van der Waals surface area contributed by atoms with Crippen molar-refractivity contribution >= 4 is 61.9 Å². The van der Waals surface area contributed by atoms with E-state index in [4.69, 9.17) is 0 Å². The molecule has 2 bridgehead atoms. The first-order chi connectivity index (χ1) is 18.4. The van der Waals surface area contributed by atoms with Crippen LogP contribution in [0.15, 0.2) is 72.8 Å². The van der Waals surface area contributed by atoms with Gasteiger partial charge < -0.3 is 20.6 Å². The van der Waals surface area contributed by atoms with E-state index in [-0.39, 0.29) is 34.4 Å². The number of benzene rings is 3. The predicted molar refractivity (Wildman–Crippen MR) is 152 cm³/mol. The number of fused-ring (bicyclic) bond motifs is 2. The lowest BCUT2D eigenvalue weighted by molar-refractivity contribution is -0.142. The number of rotatable bonds is 6. The van der Waals surface area contributed by atoms with Gasteiger partial charge in [0, 0.05) is 22.8 Å². The molecule has 1 spiro atoms.